The second kappa shape index (κ2) is 6.87. The molecule has 0 radical (unpaired) electrons. The van der Waals surface area contributed by atoms with E-state index in [4.69, 9.17) is 5.11 Å². The number of sulfonamides is 1. The monoisotopic (exact) mass is 312 g/mol. The Morgan fingerprint density at radius 2 is 1.81 bits per heavy atom. The van der Waals surface area contributed by atoms with Gasteiger partial charge in [0, 0.05) is 13.1 Å². The van der Waals surface area contributed by atoms with E-state index in [1.54, 1.807) is 31.3 Å². The number of hydrogen-bond acceptors (Lipinski definition) is 4. The van der Waals surface area contributed by atoms with Crippen molar-refractivity contribution in [3.05, 3.63) is 29.8 Å². The van der Waals surface area contributed by atoms with Crippen LogP contribution in [-0.4, -0.2) is 55.5 Å². The maximum absolute atomic E-state index is 12.6. The van der Waals surface area contributed by atoms with Crippen molar-refractivity contribution in [1.82, 2.24) is 9.21 Å². The second-order valence-electron chi connectivity index (χ2n) is 5.49. The molecular formula is C15H24N2O3S. The van der Waals surface area contributed by atoms with Gasteiger partial charge >= 0.3 is 0 Å². The number of benzene rings is 1. The molecule has 1 aromatic carbocycles. The maximum Gasteiger partial charge on any atom is 0.243 e. The molecule has 6 heteroatoms. The van der Waals surface area contributed by atoms with Crippen molar-refractivity contribution < 1.29 is 13.5 Å². The predicted molar refractivity (Wildman–Crippen MR) is 82.4 cm³/mol. The SMILES string of the molecule is CCN1CCC(N(C)S(=O)(=O)c2ccc(CO)cc2)CC1. The standard InChI is InChI=1S/C15H24N2O3S/c1-3-17-10-8-14(9-11-17)16(2)21(19,20)15-6-4-13(12-18)5-7-15/h4-7,14,18H,3,8-12H2,1-2H3. The summed E-state index contributed by atoms with van der Waals surface area (Å²) in [5.41, 5.74) is 0.716. The largest absolute Gasteiger partial charge is 0.392 e. The topological polar surface area (TPSA) is 60.9 Å². The molecule has 5 nitrogen and oxygen atoms in total. The summed E-state index contributed by atoms with van der Waals surface area (Å²) in [6.07, 6.45) is 1.75. The molecule has 0 atom stereocenters. The molecule has 0 saturated carbocycles. The zero-order valence-corrected chi connectivity index (χ0v) is 13.5. The summed E-state index contributed by atoms with van der Waals surface area (Å²) in [7, 11) is -1.79. The molecule has 1 N–H and O–H groups in total. The Morgan fingerprint density at radius 3 is 2.29 bits per heavy atom. The molecule has 21 heavy (non-hydrogen) atoms. The van der Waals surface area contributed by atoms with Crippen LogP contribution in [0, 0.1) is 0 Å². The minimum Gasteiger partial charge on any atom is -0.392 e. The van der Waals surface area contributed by atoms with Crippen LogP contribution in [0.25, 0.3) is 0 Å². The van der Waals surface area contributed by atoms with E-state index in [1.165, 1.54) is 4.31 Å². The van der Waals surface area contributed by atoms with Gasteiger partial charge in [0.25, 0.3) is 0 Å². The van der Waals surface area contributed by atoms with E-state index in [9.17, 15) is 8.42 Å². The van der Waals surface area contributed by atoms with Gasteiger partial charge in [-0.2, -0.15) is 4.31 Å². The van der Waals surface area contributed by atoms with E-state index in [0.717, 1.165) is 32.5 Å². The third kappa shape index (κ3) is 3.63. The van der Waals surface area contributed by atoms with E-state index in [1.807, 2.05) is 0 Å². The smallest absolute Gasteiger partial charge is 0.243 e. The third-order valence-electron chi connectivity index (χ3n) is 4.30. The van der Waals surface area contributed by atoms with Crippen LogP contribution in [0.1, 0.15) is 25.3 Å². The summed E-state index contributed by atoms with van der Waals surface area (Å²) < 4.78 is 26.8. The molecule has 1 aliphatic heterocycles. The predicted octanol–water partition coefficient (Wildman–Crippen LogP) is 1.28. The van der Waals surface area contributed by atoms with E-state index < -0.39 is 10.0 Å². The maximum atomic E-state index is 12.6. The summed E-state index contributed by atoms with van der Waals surface area (Å²) in [5, 5.41) is 9.03. The second-order valence-corrected chi connectivity index (χ2v) is 7.49. The number of likely N-dealkylation sites (tertiary alicyclic amines) is 1. The van der Waals surface area contributed by atoms with Gasteiger partial charge in [-0.25, -0.2) is 8.42 Å². The Bertz CT molecular complexity index is 549. The summed E-state index contributed by atoms with van der Waals surface area (Å²) in [6.45, 7) is 4.97. The molecule has 118 valence electrons. The van der Waals surface area contributed by atoms with Crippen LogP contribution in [0.5, 0.6) is 0 Å². The Kier molecular flexibility index (Phi) is 5.37. The highest BCUT2D eigenvalue weighted by molar-refractivity contribution is 7.89. The normalized spacial score (nSPS) is 18.3. The van der Waals surface area contributed by atoms with Crippen molar-refractivity contribution in [3.63, 3.8) is 0 Å². The fourth-order valence-electron chi connectivity index (χ4n) is 2.73. The molecule has 0 aromatic heterocycles. The van der Waals surface area contributed by atoms with Gasteiger partial charge in [-0.15, -0.1) is 0 Å². The number of hydrogen-bond donors (Lipinski definition) is 1. The van der Waals surface area contributed by atoms with Gasteiger partial charge in [0.05, 0.1) is 11.5 Å². The lowest BCUT2D eigenvalue weighted by molar-refractivity contribution is 0.176. The van der Waals surface area contributed by atoms with Crippen molar-refractivity contribution in [2.24, 2.45) is 0 Å². The average Bonchev–Trinajstić information content (AvgIpc) is 2.54. The lowest BCUT2D eigenvalue weighted by Crippen LogP contribution is -2.45. The van der Waals surface area contributed by atoms with Crippen LogP contribution in [0.15, 0.2) is 29.2 Å². The van der Waals surface area contributed by atoms with Crippen LogP contribution in [0.4, 0.5) is 0 Å². The van der Waals surface area contributed by atoms with Crippen LogP contribution >= 0.6 is 0 Å². The van der Waals surface area contributed by atoms with Gasteiger partial charge in [0.15, 0.2) is 0 Å². The average molecular weight is 312 g/mol. The van der Waals surface area contributed by atoms with Crippen molar-refractivity contribution >= 4 is 10.0 Å². The number of nitrogens with zero attached hydrogens (tertiary/aromatic N) is 2. The summed E-state index contributed by atoms with van der Waals surface area (Å²) in [4.78, 5) is 2.63. The van der Waals surface area contributed by atoms with Crippen molar-refractivity contribution in [3.8, 4) is 0 Å². The minimum atomic E-state index is -3.45. The van der Waals surface area contributed by atoms with E-state index in [2.05, 4.69) is 11.8 Å². The molecule has 1 saturated heterocycles. The molecular weight excluding hydrogens is 288 g/mol. The van der Waals surface area contributed by atoms with E-state index in [-0.39, 0.29) is 12.6 Å². The highest BCUT2D eigenvalue weighted by Gasteiger charge is 2.30. The molecule has 1 aromatic rings. The highest BCUT2D eigenvalue weighted by Crippen LogP contribution is 2.23. The van der Waals surface area contributed by atoms with Crippen LogP contribution in [0.2, 0.25) is 0 Å². The number of piperidine rings is 1. The molecule has 1 heterocycles. The number of aliphatic hydroxyl groups excluding tert-OH is 1. The Labute approximate surface area is 127 Å². The van der Waals surface area contributed by atoms with E-state index in [0.29, 0.717) is 10.5 Å². The van der Waals surface area contributed by atoms with Crippen LogP contribution in [-0.2, 0) is 16.6 Å². The van der Waals surface area contributed by atoms with Gasteiger partial charge in [-0.1, -0.05) is 19.1 Å². The lowest BCUT2D eigenvalue weighted by Gasteiger charge is -2.35. The van der Waals surface area contributed by atoms with Gasteiger partial charge in [0.2, 0.25) is 10.0 Å². The number of aliphatic hydroxyl groups is 1. The first-order valence-electron chi connectivity index (χ1n) is 7.39. The molecule has 0 amide bonds. The van der Waals surface area contributed by atoms with Gasteiger partial charge in [-0.3, -0.25) is 0 Å². The zero-order valence-electron chi connectivity index (χ0n) is 12.7. The van der Waals surface area contributed by atoms with Crippen molar-refractivity contribution in [1.29, 1.82) is 0 Å². The van der Waals surface area contributed by atoms with Crippen molar-refractivity contribution in [2.75, 3.05) is 26.7 Å². The Balaban J connectivity index is 2.11. The minimum absolute atomic E-state index is 0.0651. The van der Waals surface area contributed by atoms with E-state index >= 15 is 0 Å². The van der Waals surface area contributed by atoms with Gasteiger partial charge in [-0.05, 0) is 50.2 Å². The first kappa shape index (κ1) is 16.4. The fourth-order valence-corrected chi connectivity index (χ4v) is 4.14. The molecule has 1 aliphatic rings. The Hall–Kier alpha value is -0.950. The third-order valence-corrected chi connectivity index (χ3v) is 6.23. The summed E-state index contributed by atoms with van der Waals surface area (Å²) in [5.74, 6) is 0. The highest BCUT2D eigenvalue weighted by atomic mass is 32.2. The molecule has 0 spiro atoms. The first-order chi connectivity index (χ1) is 9.98. The molecule has 1 fully saturated rings. The van der Waals surface area contributed by atoms with Crippen LogP contribution < -0.4 is 0 Å². The molecule has 0 bridgehead atoms. The lowest BCUT2D eigenvalue weighted by atomic mass is 10.1. The fraction of sp³-hybridized carbons (Fsp3) is 0.600. The van der Waals surface area contributed by atoms with Crippen LogP contribution in [0.3, 0.4) is 0 Å². The molecule has 0 aliphatic carbocycles. The molecule has 2 rings (SSSR count). The quantitative estimate of drug-likeness (QED) is 0.890. The first-order valence-corrected chi connectivity index (χ1v) is 8.83. The van der Waals surface area contributed by atoms with Gasteiger partial charge in [0.1, 0.15) is 0 Å². The molecule has 0 unspecified atom stereocenters. The summed E-state index contributed by atoms with van der Waals surface area (Å²) in [6, 6.07) is 6.51. The zero-order chi connectivity index (χ0) is 15.5. The van der Waals surface area contributed by atoms with Crippen molar-refractivity contribution in [2.45, 2.75) is 37.3 Å². The number of rotatable bonds is 5. The summed E-state index contributed by atoms with van der Waals surface area (Å²) >= 11 is 0. The Morgan fingerprint density at radius 1 is 1.24 bits per heavy atom. The van der Waals surface area contributed by atoms with Gasteiger partial charge < -0.3 is 10.0 Å².